The number of H-pyrrole nitrogens is 1. The molecule has 2 rings (SSSR count). The number of aromatic nitrogens is 1. The molecule has 0 aromatic carbocycles. The zero-order chi connectivity index (χ0) is 13.5. The molecule has 6 nitrogen and oxygen atoms in total. The summed E-state index contributed by atoms with van der Waals surface area (Å²) < 4.78 is 26.2. The number of aromatic amines is 1. The Morgan fingerprint density at radius 1 is 1.50 bits per heavy atom. The van der Waals surface area contributed by atoms with Crippen LogP contribution in [0.4, 0.5) is 0 Å². The molecule has 1 aliphatic rings. The number of thiazole rings is 1. The lowest BCUT2D eigenvalue weighted by atomic mass is 9.99. The van der Waals surface area contributed by atoms with Crippen molar-refractivity contribution >= 4 is 21.4 Å². The summed E-state index contributed by atoms with van der Waals surface area (Å²) in [4.78, 5) is 13.3. The summed E-state index contributed by atoms with van der Waals surface area (Å²) in [5, 5.41) is 9.62. The first-order valence-corrected chi connectivity index (χ1v) is 7.96. The van der Waals surface area contributed by atoms with Crippen LogP contribution in [-0.4, -0.2) is 42.0 Å². The maximum atomic E-state index is 12.4. The van der Waals surface area contributed by atoms with Gasteiger partial charge in [-0.2, -0.15) is 4.31 Å². The molecule has 0 radical (unpaired) electrons. The number of piperidine rings is 1. The summed E-state index contributed by atoms with van der Waals surface area (Å²) in [6.45, 7) is 3.97. The third-order valence-electron chi connectivity index (χ3n) is 3.18. The molecule has 1 saturated heterocycles. The average Bonchev–Trinajstić information content (AvgIpc) is 2.62. The van der Waals surface area contributed by atoms with Gasteiger partial charge in [-0.25, -0.2) is 8.42 Å². The van der Waals surface area contributed by atoms with Gasteiger partial charge in [0.05, 0.1) is 6.10 Å². The molecular weight excluding hydrogens is 276 g/mol. The van der Waals surface area contributed by atoms with E-state index in [1.54, 1.807) is 6.92 Å². The molecule has 0 saturated carbocycles. The third kappa shape index (κ3) is 2.37. The second-order valence-corrected chi connectivity index (χ2v) is 7.74. The topological polar surface area (TPSA) is 90.5 Å². The number of nitrogens with one attached hydrogen (secondary N) is 1. The largest absolute Gasteiger partial charge is 0.393 e. The van der Waals surface area contributed by atoms with Gasteiger partial charge in [0.2, 0.25) is 0 Å². The van der Waals surface area contributed by atoms with E-state index >= 15 is 0 Å². The lowest BCUT2D eigenvalue weighted by molar-refractivity contribution is 0.0629. The molecule has 1 fully saturated rings. The number of aliphatic hydroxyl groups excluding tert-OH is 1. The van der Waals surface area contributed by atoms with Gasteiger partial charge in [0.1, 0.15) is 0 Å². The number of nitrogens with zero attached hydrogens (tertiary/aromatic N) is 1. The smallest absolute Gasteiger partial charge is 0.305 e. The van der Waals surface area contributed by atoms with Crippen LogP contribution in [0.5, 0.6) is 0 Å². The zero-order valence-electron chi connectivity index (χ0n) is 10.2. The second-order valence-electron chi connectivity index (χ2n) is 4.62. The molecule has 1 aromatic heterocycles. The Balaban J connectivity index is 2.32. The average molecular weight is 292 g/mol. The van der Waals surface area contributed by atoms with Crippen molar-refractivity contribution in [2.45, 2.75) is 30.6 Å². The van der Waals surface area contributed by atoms with Crippen molar-refractivity contribution in [3.05, 3.63) is 15.4 Å². The van der Waals surface area contributed by atoms with Gasteiger partial charge >= 0.3 is 4.87 Å². The first-order chi connectivity index (χ1) is 8.32. The fourth-order valence-corrected chi connectivity index (χ4v) is 5.06. The SMILES string of the molecule is Cc1[nH]c(=O)sc1S(=O)(=O)N1CCC(O)C(C)C1. The Morgan fingerprint density at radius 3 is 2.67 bits per heavy atom. The molecule has 18 heavy (non-hydrogen) atoms. The summed E-state index contributed by atoms with van der Waals surface area (Å²) in [5.74, 6) is -0.0931. The maximum Gasteiger partial charge on any atom is 0.305 e. The van der Waals surface area contributed by atoms with Crippen molar-refractivity contribution in [2.75, 3.05) is 13.1 Å². The van der Waals surface area contributed by atoms with E-state index in [4.69, 9.17) is 0 Å². The van der Waals surface area contributed by atoms with E-state index in [9.17, 15) is 18.3 Å². The number of hydrogen-bond donors (Lipinski definition) is 2. The van der Waals surface area contributed by atoms with Gasteiger partial charge in [-0.1, -0.05) is 18.3 Å². The monoisotopic (exact) mass is 292 g/mol. The van der Waals surface area contributed by atoms with Crippen LogP contribution in [0.1, 0.15) is 19.0 Å². The molecule has 1 aliphatic heterocycles. The van der Waals surface area contributed by atoms with E-state index < -0.39 is 16.1 Å². The first kappa shape index (κ1) is 13.7. The molecule has 0 bridgehead atoms. The van der Waals surface area contributed by atoms with E-state index in [0.717, 1.165) is 0 Å². The Hall–Kier alpha value is -0.700. The molecule has 2 N–H and O–H groups in total. The van der Waals surface area contributed by atoms with Crippen molar-refractivity contribution in [3.63, 3.8) is 0 Å². The summed E-state index contributed by atoms with van der Waals surface area (Å²) >= 11 is 0.714. The Morgan fingerprint density at radius 2 is 2.17 bits per heavy atom. The van der Waals surface area contributed by atoms with Crippen LogP contribution in [0.2, 0.25) is 0 Å². The van der Waals surface area contributed by atoms with Crippen molar-refractivity contribution in [1.82, 2.24) is 9.29 Å². The molecule has 2 unspecified atom stereocenters. The lowest BCUT2D eigenvalue weighted by Crippen LogP contribution is -2.44. The summed E-state index contributed by atoms with van der Waals surface area (Å²) in [6.07, 6.45) is -0.0267. The predicted octanol–water partition coefficient (Wildman–Crippen LogP) is 0.136. The Kier molecular flexibility index (Phi) is 3.63. The van der Waals surface area contributed by atoms with Crippen LogP contribution in [0.15, 0.2) is 9.00 Å². The van der Waals surface area contributed by atoms with Gasteiger partial charge in [-0.3, -0.25) is 4.79 Å². The zero-order valence-corrected chi connectivity index (χ0v) is 11.8. The minimum atomic E-state index is -3.62. The van der Waals surface area contributed by atoms with Crippen LogP contribution >= 0.6 is 11.3 Å². The minimum absolute atomic E-state index is 0.0797. The van der Waals surface area contributed by atoms with E-state index in [-0.39, 0.29) is 21.5 Å². The molecule has 2 atom stereocenters. The molecular formula is C10H16N2O4S2. The normalized spacial score (nSPS) is 26.4. The van der Waals surface area contributed by atoms with Crippen LogP contribution < -0.4 is 4.87 Å². The van der Waals surface area contributed by atoms with E-state index in [0.29, 0.717) is 30.0 Å². The van der Waals surface area contributed by atoms with E-state index in [1.165, 1.54) is 4.31 Å². The molecule has 0 spiro atoms. The molecule has 1 aromatic rings. The standard InChI is InChI=1S/C10H16N2O4S2/c1-6-5-12(4-3-8(6)13)18(15,16)9-7(2)11-10(14)17-9/h6,8,13H,3-5H2,1-2H3,(H,11,14). The summed E-state index contributed by atoms with van der Waals surface area (Å²) in [6, 6.07) is 0. The van der Waals surface area contributed by atoms with E-state index in [1.807, 2.05) is 6.92 Å². The van der Waals surface area contributed by atoms with Crippen molar-refractivity contribution in [1.29, 1.82) is 0 Å². The first-order valence-electron chi connectivity index (χ1n) is 5.70. The predicted molar refractivity (Wildman–Crippen MR) is 68.2 cm³/mol. The van der Waals surface area contributed by atoms with Gasteiger partial charge in [-0.05, 0) is 19.3 Å². The molecule has 2 heterocycles. The highest BCUT2D eigenvalue weighted by atomic mass is 32.2. The van der Waals surface area contributed by atoms with Crippen LogP contribution in [0, 0.1) is 12.8 Å². The lowest BCUT2D eigenvalue weighted by Gasteiger charge is -2.33. The highest BCUT2D eigenvalue weighted by Crippen LogP contribution is 2.26. The third-order valence-corrected chi connectivity index (χ3v) is 6.63. The fraction of sp³-hybridized carbons (Fsp3) is 0.700. The Labute approximate surface area is 109 Å². The van der Waals surface area contributed by atoms with E-state index in [2.05, 4.69) is 4.98 Å². The van der Waals surface area contributed by atoms with Crippen LogP contribution in [-0.2, 0) is 10.0 Å². The molecule has 0 amide bonds. The minimum Gasteiger partial charge on any atom is -0.393 e. The molecule has 102 valence electrons. The highest BCUT2D eigenvalue weighted by Gasteiger charge is 2.34. The number of sulfonamides is 1. The molecule has 8 heteroatoms. The van der Waals surface area contributed by atoms with Gasteiger partial charge in [0.15, 0.2) is 4.21 Å². The van der Waals surface area contributed by atoms with Crippen molar-refractivity contribution in [2.24, 2.45) is 5.92 Å². The maximum absolute atomic E-state index is 12.4. The van der Waals surface area contributed by atoms with Gasteiger partial charge in [-0.15, -0.1) is 0 Å². The van der Waals surface area contributed by atoms with Crippen LogP contribution in [0.25, 0.3) is 0 Å². The van der Waals surface area contributed by atoms with Crippen molar-refractivity contribution < 1.29 is 13.5 Å². The molecule has 0 aliphatic carbocycles. The van der Waals surface area contributed by atoms with Gasteiger partial charge in [0.25, 0.3) is 10.0 Å². The Bertz CT molecular complexity index is 589. The van der Waals surface area contributed by atoms with Gasteiger partial charge < -0.3 is 10.1 Å². The van der Waals surface area contributed by atoms with Gasteiger partial charge in [0, 0.05) is 18.8 Å². The number of rotatable bonds is 2. The van der Waals surface area contributed by atoms with Crippen molar-refractivity contribution in [3.8, 4) is 0 Å². The summed E-state index contributed by atoms with van der Waals surface area (Å²) in [5.41, 5.74) is 0.378. The second kappa shape index (κ2) is 4.76. The number of aliphatic hydroxyl groups is 1. The highest BCUT2D eigenvalue weighted by molar-refractivity contribution is 7.91. The number of hydrogen-bond acceptors (Lipinski definition) is 5. The quantitative estimate of drug-likeness (QED) is 0.811. The number of aryl methyl sites for hydroxylation is 1. The fourth-order valence-electron chi connectivity index (χ4n) is 2.07. The summed E-state index contributed by atoms with van der Waals surface area (Å²) in [7, 11) is -3.62. The van der Waals surface area contributed by atoms with Crippen LogP contribution in [0.3, 0.4) is 0 Å².